The maximum absolute atomic E-state index is 11.6. The first-order chi connectivity index (χ1) is 5.72. The Labute approximate surface area is 68.4 Å². The molecule has 0 saturated heterocycles. The maximum atomic E-state index is 11.6. The Hall–Kier alpha value is -1.16. The molecule has 0 amide bonds. The first-order valence-corrected chi connectivity index (χ1v) is 3.34. The van der Waals surface area contributed by atoms with E-state index >= 15 is 0 Å². The van der Waals surface area contributed by atoms with Crippen LogP contribution in [0, 0.1) is 0 Å². The van der Waals surface area contributed by atoms with Crippen molar-refractivity contribution in [3.05, 3.63) is 29.8 Å². The average Bonchev–Trinajstić information content (AvgIpc) is 2.05. The van der Waals surface area contributed by atoms with Crippen LogP contribution < -0.4 is 4.74 Å². The summed E-state index contributed by atoms with van der Waals surface area (Å²) < 4.78 is 27.3. The molecule has 1 rings (SSSR count). The summed E-state index contributed by atoms with van der Waals surface area (Å²) in [4.78, 5) is 0. The highest BCUT2D eigenvalue weighted by Gasteiger charge is 2.02. The van der Waals surface area contributed by atoms with Gasteiger partial charge in [0, 0.05) is 0 Å². The van der Waals surface area contributed by atoms with Gasteiger partial charge in [-0.3, -0.25) is 0 Å². The highest BCUT2D eigenvalue weighted by molar-refractivity contribution is 5.26. The van der Waals surface area contributed by atoms with Crippen molar-refractivity contribution in [1.29, 1.82) is 0 Å². The molecule has 0 bridgehead atoms. The number of hydrogen-bond acceptors (Lipinski definition) is 1. The second-order valence-corrected chi connectivity index (χ2v) is 2.17. The van der Waals surface area contributed by atoms with E-state index in [1.165, 1.54) is 24.3 Å². The van der Waals surface area contributed by atoms with Gasteiger partial charge in [0.1, 0.15) is 12.4 Å². The fourth-order valence-electron chi connectivity index (χ4n) is 0.767. The van der Waals surface area contributed by atoms with E-state index in [0.29, 0.717) is 5.56 Å². The normalized spacial score (nSPS) is 10.3. The van der Waals surface area contributed by atoms with E-state index in [-0.39, 0.29) is 12.4 Å². The van der Waals surface area contributed by atoms with Crippen LogP contribution in [0.25, 0.3) is 0 Å². The Balaban J connectivity index is 2.65. The van der Waals surface area contributed by atoms with Gasteiger partial charge in [-0.1, -0.05) is 12.1 Å². The molecule has 65 valence electrons. The molecule has 0 unspecified atom stereocenters. The third-order valence-corrected chi connectivity index (χ3v) is 1.32. The molecule has 0 spiro atoms. The Morgan fingerprint density at radius 2 is 1.83 bits per heavy atom. The van der Waals surface area contributed by atoms with Gasteiger partial charge in [0.2, 0.25) is 0 Å². The third-order valence-electron chi connectivity index (χ3n) is 1.32. The van der Waals surface area contributed by atoms with Gasteiger partial charge in [-0.05, 0) is 17.7 Å². The molecule has 0 N–H and O–H groups in total. The van der Waals surface area contributed by atoms with Crippen molar-refractivity contribution in [1.82, 2.24) is 0 Å². The fraction of sp³-hybridized carbons (Fsp3) is 0.250. The minimum atomic E-state index is -2.82. The molecule has 0 aliphatic carbocycles. The lowest BCUT2D eigenvalue weighted by Crippen LogP contribution is -2.01. The number of alkyl halides is 2. The van der Waals surface area contributed by atoms with Crippen LogP contribution in [-0.4, -0.2) is 6.61 Å². The van der Waals surface area contributed by atoms with Crippen molar-refractivity contribution in [3.8, 4) is 5.75 Å². The van der Waals surface area contributed by atoms with E-state index in [2.05, 4.69) is 4.74 Å². The zero-order valence-corrected chi connectivity index (χ0v) is 6.17. The summed E-state index contributed by atoms with van der Waals surface area (Å²) >= 11 is 0. The topological polar surface area (TPSA) is 29.1 Å². The maximum Gasteiger partial charge on any atom is 0.387 e. The van der Waals surface area contributed by atoms with Gasteiger partial charge in [-0.25, -0.2) is 5.11 Å². The third kappa shape index (κ3) is 2.47. The van der Waals surface area contributed by atoms with Crippen LogP contribution in [0.5, 0.6) is 5.75 Å². The summed E-state index contributed by atoms with van der Waals surface area (Å²) in [6.07, 6.45) is 0. The molecule has 4 heteroatoms. The molecule has 0 atom stereocenters. The van der Waals surface area contributed by atoms with Gasteiger partial charge in [0.25, 0.3) is 0 Å². The van der Waals surface area contributed by atoms with Crippen LogP contribution >= 0.6 is 0 Å². The largest absolute Gasteiger partial charge is 0.435 e. The van der Waals surface area contributed by atoms with Crippen LogP contribution in [-0.2, 0) is 11.7 Å². The van der Waals surface area contributed by atoms with Gasteiger partial charge in [0.05, 0.1) is 0 Å². The second kappa shape index (κ2) is 4.01. The predicted octanol–water partition coefficient (Wildman–Crippen LogP) is 2.22. The summed E-state index contributed by atoms with van der Waals surface area (Å²) in [5, 5.41) is 10.3. The van der Waals surface area contributed by atoms with Crippen molar-refractivity contribution in [2.45, 2.75) is 13.2 Å². The van der Waals surface area contributed by atoms with E-state index in [4.69, 9.17) is 0 Å². The molecule has 0 heterocycles. The van der Waals surface area contributed by atoms with E-state index in [9.17, 15) is 13.9 Å². The second-order valence-electron chi connectivity index (χ2n) is 2.17. The quantitative estimate of drug-likeness (QED) is 0.688. The molecule has 1 aromatic rings. The van der Waals surface area contributed by atoms with Crippen molar-refractivity contribution in [2.75, 3.05) is 0 Å². The first-order valence-electron chi connectivity index (χ1n) is 3.34. The zero-order chi connectivity index (χ0) is 8.97. The number of rotatable bonds is 3. The van der Waals surface area contributed by atoms with Crippen LogP contribution in [0.3, 0.4) is 0 Å². The van der Waals surface area contributed by atoms with E-state index < -0.39 is 6.61 Å². The van der Waals surface area contributed by atoms with Crippen molar-refractivity contribution < 1.29 is 18.6 Å². The van der Waals surface area contributed by atoms with Gasteiger partial charge in [-0.15, -0.1) is 0 Å². The Morgan fingerprint density at radius 1 is 1.25 bits per heavy atom. The summed E-state index contributed by atoms with van der Waals surface area (Å²) in [6, 6.07) is 5.62. The van der Waals surface area contributed by atoms with E-state index in [1.807, 2.05) is 0 Å². The smallest absolute Gasteiger partial charge is 0.387 e. The summed E-state index contributed by atoms with van der Waals surface area (Å²) in [5.74, 6) is 0.0715. The average molecular weight is 173 g/mol. The standard InChI is InChI=1S/C8H7F2O2/c9-8(10)12-7-3-1-6(5-11)2-4-7/h1-4,8H,5H2. The Kier molecular flexibility index (Phi) is 2.99. The van der Waals surface area contributed by atoms with Gasteiger partial charge >= 0.3 is 6.61 Å². The lowest BCUT2D eigenvalue weighted by atomic mass is 10.2. The molecule has 0 aromatic heterocycles. The molecule has 1 aromatic carbocycles. The minimum absolute atomic E-state index is 0.0715. The minimum Gasteiger partial charge on any atom is -0.435 e. The number of ether oxygens (including phenoxy) is 1. The van der Waals surface area contributed by atoms with E-state index in [1.54, 1.807) is 0 Å². The highest BCUT2D eigenvalue weighted by Crippen LogP contribution is 2.14. The summed E-state index contributed by atoms with van der Waals surface area (Å²) in [5.41, 5.74) is 0.552. The molecule has 1 radical (unpaired) electrons. The molecular weight excluding hydrogens is 166 g/mol. The number of halogens is 2. The van der Waals surface area contributed by atoms with Crippen LogP contribution in [0.4, 0.5) is 8.78 Å². The van der Waals surface area contributed by atoms with Crippen LogP contribution in [0.1, 0.15) is 5.56 Å². The summed E-state index contributed by atoms with van der Waals surface area (Å²) in [7, 11) is 0. The fourth-order valence-corrected chi connectivity index (χ4v) is 0.767. The molecular formula is C8H7F2O2. The van der Waals surface area contributed by atoms with Gasteiger partial charge < -0.3 is 4.74 Å². The van der Waals surface area contributed by atoms with Crippen molar-refractivity contribution >= 4 is 0 Å². The van der Waals surface area contributed by atoms with Crippen molar-refractivity contribution in [3.63, 3.8) is 0 Å². The lowest BCUT2D eigenvalue weighted by molar-refractivity contribution is -0.0498. The first kappa shape index (κ1) is 8.93. The Morgan fingerprint density at radius 3 is 2.25 bits per heavy atom. The number of hydrogen-bond donors (Lipinski definition) is 0. The molecule has 0 fully saturated rings. The van der Waals surface area contributed by atoms with Crippen molar-refractivity contribution in [2.24, 2.45) is 0 Å². The number of benzene rings is 1. The van der Waals surface area contributed by atoms with Gasteiger partial charge in [0.15, 0.2) is 0 Å². The monoisotopic (exact) mass is 173 g/mol. The zero-order valence-electron chi connectivity index (χ0n) is 6.17. The Bertz CT molecular complexity index is 233. The predicted molar refractivity (Wildman–Crippen MR) is 37.5 cm³/mol. The molecule has 12 heavy (non-hydrogen) atoms. The van der Waals surface area contributed by atoms with E-state index in [0.717, 1.165) is 0 Å². The van der Waals surface area contributed by atoms with Gasteiger partial charge in [-0.2, -0.15) is 8.78 Å². The highest BCUT2D eigenvalue weighted by atomic mass is 19.3. The molecule has 2 nitrogen and oxygen atoms in total. The van der Waals surface area contributed by atoms with Crippen LogP contribution in [0.15, 0.2) is 24.3 Å². The SMILES string of the molecule is [O]Cc1ccc(OC(F)F)cc1. The molecule has 0 aliphatic heterocycles. The lowest BCUT2D eigenvalue weighted by Gasteiger charge is -2.03. The van der Waals surface area contributed by atoms with Crippen LogP contribution in [0.2, 0.25) is 0 Å². The molecule has 0 saturated carbocycles. The summed E-state index contributed by atoms with van der Waals surface area (Å²) in [6.45, 7) is -3.17. The molecule has 0 aliphatic rings.